The van der Waals surface area contributed by atoms with Crippen LogP contribution in [0.5, 0.6) is 0 Å². The second-order valence-corrected chi connectivity index (χ2v) is 5.07. The quantitative estimate of drug-likeness (QED) is 0.877. The monoisotopic (exact) mass is 236 g/mol. The van der Waals surface area contributed by atoms with E-state index in [0.29, 0.717) is 16.8 Å². The molecule has 1 N–H and O–H groups in total. The Morgan fingerprint density at radius 3 is 3.00 bits per heavy atom. The first-order valence-corrected chi connectivity index (χ1v) is 6.05. The topological polar surface area (TPSA) is 42.0 Å². The zero-order valence-electron chi connectivity index (χ0n) is 8.82. The number of carbonyl (C=O) groups is 1. The third-order valence-electron chi connectivity index (χ3n) is 3.40. The van der Waals surface area contributed by atoms with Crippen LogP contribution in [0, 0.1) is 17.8 Å². The highest BCUT2D eigenvalue weighted by Gasteiger charge is 2.51. The smallest absolute Gasteiger partial charge is 0.228 e. The largest absolute Gasteiger partial charge is 0.309 e. The Labute approximate surface area is 99.2 Å². The van der Waals surface area contributed by atoms with E-state index in [1.807, 2.05) is 0 Å². The van der Waals surface area contributed by atoms with Gasteiger partial charge in [-0.25, -0.2) is 4.98 Å². The molecule has 84 valence electrons. The molecule has 2 atom stereocenters. The lowest BCUT2D eigenvalue weighted by Crippen LogP contribution is -2.16. The molecule has 0 spiro atoms. The van der Waals surface area contributed by atoms with E-state index in [0.717, 1.165) is 12.3 Å². The summed E-state index contributed by atoms with van der Waals surface area (Å²) in [4.78, 5) is 15.9. The first kappa shape index (κ1) is 10.1. The molecule has 1 heterocycles. The zero-order chi connectivity index (χ0) is 11.1. The number of nitrogens with zero attached hydrogens (tertiary/aromatic N) is 1. The van der Waals surface area contributed by atoms with Crippen LogP contribution < -0.4 is 5.32 Å². The predicted octanol–water partition coefficient (Wildman–Crippen LogP) is 2.72. The molecular formula is C12H13ClN2O. The van der Waals surface area contributed by atoms with Gasteiger partial charge < -0.3 is 5.32 Å². The molecule has 1 aromatic rings. The number of hydrogen-bond acceptors (Lipinski definition) is 2. The summed E-state index contributed by atoms with van der Waals surface area (Å²) in [6.45, 7) is 0. The summed E-state index contributed by atoms with van der Waals surface area (Å²) in [5.74, 6) is 2.20. The molecule has 0 aromatic carbocycles. The molecule has 2 aliphatic carbocycles. The number of pyridine rings is 1. The molecule has 0 aliphatic heterocycles. The van der Waals surface area contributed by atoms with Crippen LogP contribution in [0.25, 0.3) is 0 Å². The van der Waals surface area contributed by atoms with Crippen molar-refractivity contribution in [2.75, 3.05) is 5.32 Å². The van der Waals surface area contributed by atoms with Gasteiger partial charge in [-0.1, -0.05) is 11.6 Å². The minimum Gasteiger partial charge on any atom is -0.309 e. The lowest BCUT2D eigenvalue weighted by Gasteiger charge is -2.04. The Balaban J connectivity index is 1.63. The molecule has 0 saturated heterocycles. The molecule has 0 bridgehead atoms. The molecule has 3 rings (SSSR count). The summed E-state index contributed by atoms with van der Waals surface area (Å²) < 4.78 is 0. The molecule has 2 aliphatic rings. The second kappa shape index (κ2) is 3.74. The van der Waals surface area contributed by atoms with Crippen molar-refractivity contribution in [1.29, 1.82) is 0 Å². The van der Waals surface area contributed by atoms with Crippen molar-refractivity contribution in [1.82, 2.24) is 4.98 Å². The normalized spacial score (nSPS) is 27.6. The summed E-state index contributed by atoms with van der Waals surface area (Å²) in [6, 6.07) is 3.48. The van der Waals surface area contributed by atoms with Gasteiger partial charge in [-0.15, -0.1) is 0 Å². The van der Waals surface area contributed by atoms with Crippen LogP contribution in [-0.2, 0) is 4.79 Å². The van der Waals surface area contributed by atoms with Gasteiger partial charge in [0.15, 0.2) is 5.82 Å². The molecule has 2 saturated carbocycles. The number of amides is 1. The van der Waals surface area contributed by atoms with Crippen LogP contribution in [0.15, 0.2) is 18.3 Å². The third kappa shape index (κ3) is 1.92. The third-order valence-corrected chi connectivity index (χ3v) is 3.71. The summed E-state index contributed by atoms with van der Waals surface area (Å²) in [5, 5.41) is 3.30. The van der Waals surface area contributed by atoms with Crippen molar-refractivity contribution < 1.29 is 4.79 Å². The highest BCUT2D eigenvalue weighted by Crippen LogP contribution is 2.54. The molecule has 4 heteroatoms. The lowest BCUT2D eigenvalue weighted by molar-refractivity contribution is -0.117. The van der Waals surface area contributed by atoms with Gasteiger partial charge in [-0.3, -0.25) is 4.79 Å². The first-order valence-electron chi connectivity index (χ1n) is 5.67. The molecule has 16 heavy (non-hydrogen) atoms. The Bertz CT molecular complexity index is 431. The standard InChI is InChI=1S/C12H13ClN2O/c13-10-2-1-5-14-11(10)15-12(16)9-6-8(9)7-3-4-7/h1-2,5,7-9H,3-4,6H2,(H,14,15,16)/t8-,9-/m0/s1. The fourth-order valence-corrected chi connectivity index (χ4v) is 2.42. The number of hydrogen-bond donors (Lipinski definition) is 1. The van der Waals surface area contributed by atoms with E-state index >= 15 is 0 Å². The maximum atomic E-state index is 11.9. The van der Waals surface area contributed by atoms with Gasteiger partial charge in [0.2, 0.25) is 5.91 Å². The van der Waals surface area contributed by atoms with Crippen molar-refractivity contribution in [2.45, 2.75) is 19.3 Å². The number of nitrogens with one attached hydrogen (secondary N) is 1. The summed E-state index contributed by atoms with van der Waals surface area (Å²) >= 11 is 5.93. The van der Waals surface area contributed by atoms with E-state index < -0.39 is 0 Å². The van der Waals surface area contributed by atoms with Crippen LogP contribution >= 0.6 is 11.6 Å². The van der Waals surface area contributed by atoms with Gasteiger partial charge in [0.05, 0.1) is 5.02 Å². The van der Waals surface area contributed by atoms with Crippen molar-refractivity contribution in [3.8, 4) is 0 Å². The highest BCUT2D eigenvalue weighted by molar-refractivity contribution is 6.33. The molecule has 3 nitrogen and oxygen atoms in total. The fourth-order valence-electron chi connectivity index (χ4n) is 2.25. The van der Waals surface area contributed by atoms with E-state index in [1.54, 1.807) is 18.3 Å². The molecule has 2 fully saturated rings. The number of halogens is 1. The minimum atomic E-state index is 0.0810. The Kier molecular flexibility index (Phi) is 2.36. The van der Waals surface area contributed by atoms with Gasteiger partial charge in [-0.05, 0) is 43.2 Å². The fraction of sp³-hybridized carbons (Fsp3) is 0.500. The summed E-state index contributed by atoms with van der Waals surface area (Å²) in [6.07, 6.45) is 5.28. The average molecular weight is 237 g/mol. The Hall–Kier alpha value is -1.09. The minimum absolute atomic E-state index is 0.0810. The van der Waals surface area contributed by atoms with E-state index in [-0.39, 0.29) is 11.8 Å². The van der Waals surface area contributed by atoms with Gasteiger partial charge in [0, 0.05) is 12.1 Å². The first-order chi connectivity index (χ1) is 7.75. The van der Waals surface area contributed by atoms with Crippen LogP contribution in [0.2, 0.25) is 5.02 Å². The number of aromatic nitrogens is 1. The van der Waals surface area contributed by atoms with Crippen LogP contribution in [0.4, 0.5) is 5.82 Å². The van der Waals surface area contributed by atoms with Crippen molar-refractivity contribution in [2.24, 2.45) is 17.8 Å². The highest BCUT2D eigenvalue weighted by atomic mass is 35.5. The van der Waals surface area contributed by atoms with E-state index in [4.69, 9.17) is 11.6 Å². The van der Waals surface area contributed by atoms with Crippen LogP contribution in [0.3, 0.4) is 0 Å². The van der Waals surface area contributed by atoms with Crippen molar-refractivity contribution in [3.63, 3.8) is 0 Å². The van der Waals surface area contributed by atoms with Crippen LogP contribution in [-0.4, -0.2) is 10.9 Å². The second-order valence-electron chi connectivity index (χ2n) is 4.67. The Morgan fingerprint density at radius 2 is 2.31 bits per heavy atom. The van der Waals surface area contributed by atoms with E-state index in [2.05, 4.69) is 10.3 Å². The predicted molar refractivity (Wildman–Crippen MR) is 62.2 cm³/mol. The molecule has 1 amide bonds. The van der Waals surface area contributed by atoms with Crippen LogP contribution in [0.1, 0.15) is 19.3 Å². The molecular weight excluding hydrogens is 224 g/mol. The SMILES string of the molecule is O=C(Nc1ncccc1Cl)[C@H]1C[C@H]1C1CC1. The van der Waals surface area contributed by atoms with Gasteiger partial charge in [0.1, 0.15) is 0 Å². The molecule has 0 unspecified atom stereocenters. The maximum Gasteiger partial charge on any atom is 0.228 e. The Morgan fingerprint density at radius 1 is 1.50 bits per heavy atom. The van der Waals surface area contributed by atoms with Crippen molar-refractivity contribution >= 4 is 23.3 Å². The number of rotatable bonds is 3. The zero-order valence-corrected chi connectivity index (χ0v) is 9.57. The average Bonchev–Trinajstić information content (AvgIpc) is 3.14. The number of carbonyl (C=O) groups excluding carboxylic acids is 1. The summed E-state index contributed by atoms with van der Waals surface area (Å²) in [7, 11) is 0. The van der Waals surface area contributed by atoms with E-state index in [9.17, 15) is 4.79 Å². The molecule has 1 aromatic heterocycles. The summed E-state index contributed by atoms with van der Waals surface area (Å²) in [5.41, 5.74) is 0. The number of anilines is 1. The van der Waals surface area contributed by atoms with Gasteiger partial charge in [-0.2, -0.15) is 0 Å². The van der Waals surface area contributed by atoms with Gasteiger partial charge >= 0.3 is 0 Å². The lowest BCUT2D eigenvalue weighted by atomic mass is 10.2. The van der Waals surface area contributed by atoms with Crippen molar-refractivity contribution in [3.05, 3.63) is 23.4 Å². The van der Waals surface area contributed by atoms with E-state index in [1.165, 1.54) is 12.8 Å². The maximum absolute atomic E-state index is 11.9. The van der Waals surface area contributed by atoms with Gasteiger partial charge in [0.25, 0.3) is 0 Å². The molecule has 0 radical (unpaired) electrons.